The Labute approximate surface area is 121 Å². The van der Waals surface area contributed by atoms with Crippen molar-refractivity contribution in [3.05, 3.63) is 35.5 Å². The van der Waals surface area contributed by atoms with Crippen molar-refractivity contribution in [1.82, 2.24) is 5.32 Å². The first-order chi connectivity index (χ1) is 9.88. The molecule has 1 aromatic rings. The Bertz CT molecular complexity index is 472. The molecule has 3 nitrogen and oxygen atoms in total. The molecule has 1 aliphatic carbocycles. The van der Waals surface area contributed by atoms with E-state index in [1.807, 2.05) is 12.1 Å². The number of nitrogens with one attached hydrogen (secondary N) is 1. The molecular weight excluding hydrogens is 250 g/mol. The molecule has 1 aliphatic heterocycles. The van der Waals surface area contributed by atoms with E-state index in [0.717, 1.165) is 30.2 Å². The lowest BCUT2D eigenvalue weighted by atomic mass is 9.85. The number of allylic oxidation sites excluding steroid dienone is 1. The molecule has 108 valence electrons. The smallest absolute Gasteiger partial charge is 0.145 e. The first-order valence-corrected chi connectivity index (χ1v) is 7.64. The van der Waals surface area contributed by atoms with Gasteiger partial charge in [0.25, 0.3) is 0 Å². The molecule has 0 saturated heterocycles. The van der Waals surface area contributed by atoms with Gasteiger partial charge in [0.05, 0.1) is 12.8 Å². The van der Waals surface area contributed by atoms with Crippen LogP contribution in [0.15, 0.2) is 30.0 Å². The Kier molecular flexibility index (Phi) is 4.14. The van der Waals surface area contributed by atoms with Gasteiger partial charge in [-0.25, -0.2) is 0 Å². The minimum atomic E-state index is 0.640. The second-order valence-corrected chi connectivity index (χ2v) is 5.58. The largest absolute Gasteiger partial charge is 0.497 e. The third-order valence-electron chi connectivity index (χ3n) is 4.27. The lowest BCUT2D eigenvalue weighted by Crippen LogP contribution is -2.31. The van der Waals surface area contributed by atoms with Crippen molar-refractivity contribution >= 4 is 5.76 Å². The molecule has 0 unspecified atom stereocenters. The molecule has 1 saturated carbocycles. The Morgan fingerprint density at radius 1 is 1.10 bits per heavy atom. The fourth-order valence-corrected chi connectivity index (χ4v) is 3.20. The van der Waals surface area contributed by atoms with Gasteiger partial charge in [-0.05, 0) is 37.1 Å². The van der Waals surface area contributed by atoms with Gasteiger partial charge in [0.15, 0.2) is 0 Å². The van der Waals surface area contributed by atoms with Crippen LogP contribution in [0.3, 0.4) is 0 Å². The summed E-state index contributed by atoms with van der Waals surface area (Å²) in [5, 5.41) is 3.59. The van der Waals surface area contributed by atoms with E-state index in [2.05, 4.69) is 17.4 Å². The summed E-state index contributed by atoms with van der Waals surface area (Å²) in [6.45, 7) is 1.67. The van der Waals surface area contributed by atoms with E-state index < -0.39 is 0 Å². The standard InChI is InChI=1S/C17H23NO2/c1-19-15-9-7-14(8-10-15)17-16(18-11-12-20-17)13-5-3-2-4-6-13/h7-10,13,18H,2-6,11-12H2,1H3. The van der Waals surface area contributed by atoms with Gasteiger partial charge in [0.2, 0.25) is 0 Å². The normalized spacial score (nSPS) is 20.2. The van der Waals surface area contributed by atoms with E-state index in [1.165, 1.54) is 37.8 Å². The highest BCUT2D eigenvalue weighted by Crippen LogP contribution is 2.34. The first kappa shape index (κ1) is 13.3. The number of hydrogen-bond acceptors (Lipinski definition) is 3. The molecule has 1 heterocycles. The molecule has 0 radical (unpaired) electrons. The maximum absolute atomic E-state index is 5.98. The van der Waals surface area contributed by atoms with Gasteiger partial charge in [0, 0.05) is 18.0 Å². The zero-order chi connectivity index (χ0) is 13.8. The second kappa shape index (κ2) is 6.21. The third-order valence-corrected chi connectivity index (χ3v) is 4.27. The van der Waals surface area contributed by atoms with Gasteiger partial charge in [0.1, 0.15) is 18.1 Å². The molecule has 1 N–H and O–H groups in total. The molecule has 0 aromatic heterocycles. The predicted octanol–water partition coefficient (Wildman–Crippen LogP) is 3.56. The molecule has 0 bridgehead atoms. The van der Waals surface area contributed by atoms with Gasteiger partial charge in [-0.1, -0.05) is 19.3 Å². The van der Waals surface area contributed by atoms with E-state index in [4.69, 9.17) is 9.47 Å². The summed E-state index contributed by atoms with van der Waals surface area (Å²) in [6.07, 6.45) is 6.62. The number of hydrogen-bond donors (Lipinski definition) is 1. The van der Waals surface area contributed by atoms with Crippen LogP contribution in [0.1, 0.15) is 37.7 Å². The SMILES string of the molecule is COc1ccc(C2=C(C3CCCCC3)NCCO2)cc1. The van der Waals surface area contributed by atoms with Crippen LogP contribution in [0.5, 0.6) is 5.75 Å². The highest BCUT2D eigenvalue weighted by Gasteiger charge is 2.25. The average molecular weight is 273 g/mol. The number of methoxy groups -OCH3 is 1. The van der Waals surface area contributed by atoms with Crippen LogP contribution in [-0.2, 0) is 4.74 Å². The highest BCUT2D eigenvalue weighted by atomic mass is 16.5. The molecule has 0 amide bonds. The van der Waals surface area contributed by atoms with Gasteiger partial charge in [-0.3, -0.25) is 0 Å². The first-order valence-electron chi connectivity index (χ1n) is 7.64. The van der Waals surface area contributed by atoms with Crippen LogP contribution in [0.2, 0.25) is 0 Å². The summed E-state index contributed by atoms with van der Waals surface area (Å²) in [4.78, 5) is 0. The lowest BCUT2D eigenvalue weighted by Gasteiger charge is -2.31. The minimum absolute atomic E-state index is 0.640. The number of ether oxygens (including phenoxy) is 2. The zero-order valence-corrected chi connectivity index (χ0v) is 12.2. The topological polar surface area (TPSA) is 30.5 Å². The minimum Gasteiger partial charge on any atom is -0.497 e. The highest BCUT2D eigenvalue weighted by molar-refractivity contribution is 5.64. The van der Waals surface area contributed by atoms with E-state index in [1.54, 1.807) is 7.11 Å². The van der Waals surface area contributed by atoms with Crippen molar-refractivity contribution in [1.29, 1.82) is 0 Å². The van der Waals surface area contributed by atoms with Crippen molar-refractivity contribution < 1.29 is 9.47 Å². The Morgan fingerprint density at radius 3 is 2.55 bits per heavy atom. The van der Waals surface area contributed by atoms with Crippen LogP contribution in [0, 0.1) is 5.92 Å². The van der Waals surface area contributed by atoms with Gasteiger partial charge >= 0.3 is 0 Å². The predicted molar refractivity (Wildman–Crippen MR) is 80.4 cm³/mol. The van der Waals surface area contributed by atoms with Crippen molar-refractivity contribution in [3.63, 3.8) is 0 Å². The fourth-order valence-electron chi connectivity index (χ4n) is 3.20. The summed E-state index contributed by atoms with van der Waals surface area (Å²) in [7, 11) is 1.69. The van der Waals surface area contributed by atoms with Crippen LogP contribution in [0.25, 0.3) is 5.76 Å². The third kappa shape index (κ3) is 2.77. The van der Waals surface area contributed by atoms with E-state index in [0.29, 0.717) is 5.92 Å². The van der Waals surface area contributed by atoms with Crippen molar-refractivity contribution in [2.45, 2.75) is 32.1 Å². The summed E-state index contributed by atoms with van der Waals surface area (Å²) in [5.74, 6) is 2.57. The summed E-state index contributed by atoms with van der Waals surface area (Å²) in [6, 6.07) is 8.17. The molecule has 1 aromatic carbocycles. The Hall–Kier alpha value is -1.64. The molecule has 1 fully saturated rings. The maximum atomic E-state index is 5.98. The molecular formula is C17H23NO2. The van der Waals surface area contributed by atoms with Gasteiger partial charge in [-0.15, -0.1) is 0 Å². The zero-order valence-electron chi connectivity index (χ0n) is 12.2. The molecule has 0 spiro atoms. The van der Waals surface area contributed by atoms with Crippen LogP contribution < -0.4 is 10.1 Å². The quantitative estimate of drug-likeness (QED) is 0.913. The van der Waals surface area contributed by atoms with Crippen LogP contribution >= 0.6 is 0 Å². The van der Waals surface area contributed by atoms with Crippen LogP contribution in [-0.4, -0.2) is 20.3 Å². The fraction of sp³-hybridized carbons (Fsp3) is 0.529. The van der Waals surface area contributed by atoms with E-state index >= 15 is 0 Å². The molecule has 20 heavy (non-hydrogen) atoms. The Morgan fingerprint density at radius 2 is 1.85 bits per heavy atom. The summed E-state index contributed by atoms with van der Waals surface area (Å²) >= 11 is 0. The average Bonchev–Trinajstić information content (AvgIpc) is 2.56. The van der Waals surface area contributed by atoms with Gasteiger partial charge < -0.3 is 14.8 Å². The van der Waals surface area contributed by atoms with Crippen molar-refractivity contribution in [2.24, 2.45) is 5.92 Å². The van der Waals surface area contributed by atoms with E-state index in [-0.39, 0.29) is 0 Å². The Balaban J connectivity index is 1.90. The molecule has 0 atom stereocenters. The van der Waals surface area contributed by atoms with Crippen molar-refractivity contribution in [3.8, 4) is 5.75 Å². The number of benzene rings is 1. The van der Waals surface area contributed by atoms with Crippen molar-refractivity contribution in [2.75, 3.05) is 20.3 Å². The van der Waals surface area contributed by atoms with Gasteiger partial charge in [-0.2, -0.15) is 0 Å². The second-order valence-electron chi connectivity index (χ2n) is 5.58. The summed E-state index contributed by atoms with van der Waals surface area (Å²) < 4.78 is 11.2. The molecule has 3 heteroatoms. The number of rotatable bonds is 3. The maximum Gasteiger partial charge on any atom is 0.145 e. The van der Waals surface area contributed by atoms with Crippen LogP contribution in [0.4, 0.5) is 0 Å². The summed E-state index contributed by atoms with van der Waals surface area (Å²) in [5.41, 5.74) is 2.47. The van der Waals surface area contributed by atoms with E-state index in [9.17, 15) is 0 Å². The molecule has 2 aliphatic rings. The monoisotopic (exact) mass is 273 g/mol. The molecule has 3 rings (SSSR count). The lowest BCUT2D eigenvalue weighted by molar-refractivity contribution is 0.242.